The van der Waals surface area contributed by atoms with Crippen LogP contribution in [0.1, 0.15) is 0 Å². The van der Waals surface area contributed by atoms with Crippen molar-refractivity contribution in [1.82, 2.24) is 4.72 Å². The second kappa shape index (κ2) is 4.51. The number of sulfonamides is 1. The molecule has 1 heterocycles. The molecule has 1 aromatic rings. The van der Waals surface area contributed by atoms with Crippen molar-refractivity contribution in [2.75, 3.05) is 6.54 Å². The lowest BCUT2D eigenvalue weighted by molar-refractivity contribution is 0.586. The van der Waals surface area contributed by atoms with E-state index in [2.05, 4.69) is 10.6 Å². The summed E-state index contributed by atoms with van der Waals surface area (Å²) in [5.41, 5.74) is 0. The fourth-order valence-corrected chi connectivity index (χ4v) is 3.80. The third kappa shape index (κ3) is 2.62. The molecule has 0 aliphatic rings. The van der Waals surface area contributed by atoms with Crippen molar-refractivity contribution < 1.29 is 8.42 Å². The molecule has 0 aliphatic heterocycles. The van der Waals surface area contributed by atoms with E-state index in [1.54, 1.807) is 0 Å². The van der Waals surface area contributed by atoms with E-state index in [0.29, 0.717) is 4.34 Å². The van der Waals surface area contributed by atoms with Crippen LogP contribution in [0.15, 0.2) is 11.0 Å². The molecule has 3 nitrogen and oxygen atoms in total. The van der Waals surface area contributed by atoms with Gasteiger partial charge in [0.1, 0.15) is 9.23 Å². The Bertz CT molecular complexity index is 472. The van der Waals surface area contributed by atoms with Crippen LogP contribution in [-0.2, 0) is 10.0 Å². The van der Waals surface area contributed by atoms with Gasteiger partial charge < -0.3 is 0 Å². The highest BCUT2D eigenvalue weighted by Crippen LogP contribution is 2.33. The molecule has 0 unspecified atom stereocenters. The molecule has 1 aromatic heterocycles. The third-order valence-electron chi connectivity index (χ3n) is 1.28. The average molecular weight is 270 g/mol. The second-order valence-corrected chi connectivity index (χ2v) is 6.24. The summed E-state index contributed by atoms with van der Waals surface area (Å²) in [5.74, 6) is 2.16. The van der Waals surface area contributed by atoms with Gasteiger partial charge in [0.2, 0.25) is 10.0 Å². The highest BCUT2D eigenvalue weighted by atomic mass is 35.5. The Balaban J connectivity index is 3.05. The first-order chi connectivity index (χ1) is 6.47. The zero-order chi connectivity index (χ0) is 10.8. The number of rotatable bonds is 3. The fraction of sp³-hybridized carbons (Fsp3) is 0.143. The summed E-state index contributed by atoms with van der Waals surface area (Å²) in [5, 5.41) is 0. The first-order valence-corrected chi connectivity index (χ1v) is 6.41. The van der Waals surface area contributed by atoms with E-state index in [1.807, 2.05) is 0 Å². The summed E-state index contributed by atoms with van der Waals surface area (Å²) in [4.78, 5) is -0.0376. The Morgan fingerprint density at radius 2 is 2.21 bits per heavy atom. The van der Waals surface area contributed by atoms with Crippen molar-refractivity contribution in [2.24, 2.45) is 0 Å². The number of hydrogen-bond donors (Lipinski definition) is 1. The molecule has 0 atom stereocenters. The molecule has 0 bridgehead atoms. The Kier molecular flexibility index (Phi) is 3.81. The highest BCUT2D eigenvalue weighted by molar-refractivity contribution is 7.89. The van der Waals surface area contributed by atoms with E-state index in [1.165, 1.54) is 6.07 Å². The normalized spacial score (nSPS) is 11.2. The molecule has 0 spiro atoms. The van der Waals surface area contributed by atoms with Gasteiger partial charge in [-0.25, -0.2) is 8.42 Å². The van der Waals surface area contributed by atoms with E-state index in [0.717, 1.165) is 11.3 Å². The van der Waals surface area contributed by atoms with Gasteiger partial charge in [-0.3, -0.25) is 0 Å². The van der Waals surface area contributed by atoms with E-state index in [-0.39, 0.29) is 15.8 Å². The molecule has 0 amide bonds. The fourth-order valence-electron chi connectivity index (χ4n) is 0.723. The maximum atomic E-state index is 11.5. The predicted octanol–water partition coefficient (Wildman–Crippen LogP) is 1.97. The summed E-state index contributed by atoms with van der Waals surface area (Å²) in [6.45, 7) is -0.0773. The Labute approximate surface area is 96.1 Å². The van der Waals surface area contributed by atoms with Gasteiger partial charge in [0.05, 0.1) is 10.9 Å². The van der Waals surface area contributed by atoms with Crippen LogP contribution < -0.4 is 4.72 Å². The SMILES string of the molecule is C#CCNS(=O)(=O)c1cc(Cl)sc1Cl. The van der Waals surface area contributed by atoms with Crippen LogP contribution in [0, 0.1) is 12.3 Å². The first kappa shape index (κ1) is 11.8. The number of hydrogen-bond acceptors (Lipinski definition) is 3. The first-order valence-electron chi connectivity index (χ1n) is 3.35. The summed E-state index contributed by atoms with van der Waals surface area (Å²) in [6, 6.07) is 1.29. The molecule has 0 fully saturated rings. The zero-order valence-corrected chi connectivity index (χ0v) is 9.90. The average Bonchev–Trinajstić information content (AvgIpc) is 2.42. The topological polar surface area (TPSA) is 46.2 Å². The quantitative estimate of drug-likeness (QED) is 0.853. The van der Waals surface area contributed by atoms with Crippen LogP contribution in [0.4, 0.5) is 0 Å². The van der Waals surface area contributed by atoms with Gasteiger partial charge in [0.15, 0.2) is 0 Å². The largest absolute Gasteiger partial charge is 0.243 e. The van der Waals surface area contributed by atoms with E-state index < -0.39 is 10.0 Å². The summed E-state index contributed by atoms with van der Waals surface area (Å²) >= 11 is 12.3. The summed E-state index contributed by atoms with van der Waals surface area (Å²) in [6.07, 6.45) is 4.92. The van der Waals surface area contributed by atoms with Crippen LogP contribution in [-0.4, -0.2) is 15.0 Å². The molecule has 14 heavy (non-hydrogen) atoms. The maximum absolute atomic E-state index is 11.5. The molecule has 7 heteroatoms. The number of halogens is 2. The minimum atomic E-state index is -3.63. The predicted molar refractivity (Wildman–Crippen MR) is 58.4 cm³/mol. The van der Waals surface area contributed by atoms with E-state index >= 15 is 0 Å². The van der Waals surface area contributed by atoms with Crippen LogP contribution >= 0.6 is 34.5 Å². The molecule has 76 valence electrons. The van der Waals surface area contributed by atoms with Gasteiger partial charge in [-0.2, -0.15) is 4.72 Å². The lowest BCUT2D eigenvalue weighted by atomic mass is 10.7. The standard InChI is InChI=1S/C7H5Cl2NO2S2/c1-2-3-10-14(11,12)5-4-6(8)13-7(5)9/h1,4,10H,3H2. The molecule has 1 rings (SSSR count). The van der Waals surface area contributed by atoms with Gasteiger partial charge in [-0.15, -0.1) is 17.8 Å². The molecule has 0 saturated carbocycles. The number of terminal acetylenes is 1. The van der Waals surface area contributed by atoms with Crippen LogP contribution in [0.2, 0.25) is 8.67 Å². The van der Waals surface area contributed by atoms with Crippen molar-refractivity contribution in [1.29, 1.82) is 0 Å². The summed E-state index contributed by atoms with van der Waals surface area (Å²) < 4.78 is 25.6. The van der Waals surface area contributed by atoms with Gasteiger partial charge in [-0.05, 0) is 6.07 Å². The molecule has 0 aromatic carbocycles. The number of thiophene rings is 1. The van der Waals surface area contributed by atoms with Crippen molar-refractivity contribution in [3.8, 4) is 12.3 Å². The Morgan fingerprint density at radius 3 is 2.64 bits per heavy atom. The zero-order valence-electron chi connectivity index (χ0n) is 6.75. The van der Waals surface area contributed by atoms with Crippen molar-refractivity contribution in [2.45, 2.75) is 4.90 Å². The third-order valence-corrected chi connectivity index (χ3v) is 4.43. The molecular weight excluding hydrogens is 265 g/mol. The van der Waals surface area contributed by atoms with Gasteiger partial charge in [0.25, 0.3) is 0 Å². The van der Waals surface area contributed by atoms with Gasteiger partial charge >= 0.3 is 0 Å². The Morgan fingerprint density at radius 1 is 1.57 bits per heavy atom. The van der Waals surface area contributed by atoms with Crippen LogP contribution in [0.25, 0.3) is 0 Å². The molecule has 0 radical (unpaired) electrons. The maximum Gasteiger partial charge on any atom is 0.243 e. The number of nitrogens with one attached hydrogen (secondary N) is 1. The van der Waals surface area contributed by atoms with E-state index in [9.17, 15) is 8.42 Å². The van der Waals surface area contributed by atoms with Crippen molar-refractivity contribution in [3.05, 3.63) is 14.7 Å². The lowest BCUT2D eigenvalue weighted by Crippen LogP contribution is -2.23. The smallest absolute Gasteiger partial charge is 0.207 e. The van der Waals surface area contributed by atoms with E-state index in [4.69, 9.17) is 29.6 Å². The van der Waals surface area contributed by atoms with Crippen LogP contribution in [0.5, 0.6) is 0 Å². The molecule has 1 N–H and O–H groups in total. The van der Waals surface area contributed by atoms with Gasteiger partial charge in [-0.1, -0.05) is 29.1 Å². The minimum Gasteiger partial charge on any atom is -0.207 e. The second-order valence-electron chi connectivity index (χ2n) is 2.22. The van der Waals surface area contributed by atoms with Gasteiger partial charge in [0, 0.05) is 0 Å². The molecule has 0 saturated heterocycles. The molecular formula is C7H5Cl2NO2S2. The highest BCUT2D eigenvalue weighted by Gasteiger charge is 2.19. The molecule has 0 aliphatic carbocycles. The monoisotopic (exact) mass is 269 g/mol. The Hall–Kier alpha value is -0.250. The lowest BCUT2D eigenvalue weighted by Gasteiger charge is -2.00. The minimum absolute atomic E-state index is 0.0376. The van der Waals surface area contributed by atoms with Crippen molar-refractivity contribution >= 4 is 44.6 Å². The summed E-state index contributed by atoms with van der Waals surface area (Å²) in [7, 11) is -3.63. The van der Waals surface area contributed by atoms with Crippen LogP contribution in [0.3, 0.4) is 0 Å². The van der Waals surface area contributed by atoms with Crippen molar-refractivity contribution in [3.63, 3.8) is 0 Å².